The van der Waals surface area contributed by atoms with Crippen molar-refractivity contribution in [1.82, 2.24) is 0 Å². The molecule has 0 spiro atoms. The monoisotopic (exact) mass is 157 g/mol. The summed E-state index contributed by atoms with van der Waals surface area (Å²) in [5.41, 5.74) is 0.662. The summed E-state index contributed by atoms with van der Waals surface area (Å²) in [7, 11) is 0. The van der Waals surface area contributed by atoms with Gasteiger partial charge >= 0.3 is 0 Å². The fourth-order valence-electron chi connectivity index (χ4n) is 0.425. The van der Waals surface area contributed by atoms with Crippen molar-refractivity contribution >= 4 is 0 Å². The number of hydrogen-bond acceptors (Lipinski definition) is 0. The van der Waals surface area contributed by atoms with E-state index in [0.29, 0.717) is 5.57 Å². The minimum absolute atomic E-state index is 0.00815. The van der Waals surface area contributed by atoms with E-state index in [1.165, 1.54) is 19.1 Å². The molecule has 0 N–H and O–H groups in total. The molecule has 0 saturated heterocycles. The van der Waals surface area contributed by atoms with Gasteiger partial charge in [0.25, 0.3) is 0 Å². The molecule has 0 aromatic heterocycles. The Kier molecular flexibility index (Phi) is 4.42. The van der Waals surface area contributed by atoms with Crippen molar-refractivity contribution in [2.75, 3.05) is 0 Å². The number of rotatable bonds is 3. The van der Waals surface area contributed by atoms with Crippen LogP contribution >= 0.6 is 0 Å². The summed E-state index contributed by atoms with van der Waals surface area (Å²) < 4.78 is 24.4. The van der Waals surface area contributed by atoms with Crippen LogP contribution in [0.1, 0.15) is 13.8 Å². The van der Waals surface area contributed by atoms with Gasteiger partial charge in [-0.1, -0.05) is 12.7 Å². The van der Waals surface area contributed by atoms with E-state index >= 15 is 0 Å². The molecule has 0 atom stereocenters. The van der Waals surface area contributed by atoms with E-state index in [1.807, 2.05) is 0 Å². The molecule has 0 nitrogen and oxygen atoms in total. The Balaban J connectivity index is 4.49. The van der Waals surface area contributed by atoms with Gasteiger partial charge < -0.3 is 0 Å². The van der Waals surface area contributed by atoms with Gasteiger partial charge in [-0.2, -0.15) is 0 Å². The molecule has 0 heterocycles. The maximum atomic E-state index is 12.7. The molecular weight excluding hydrogens is 146 g/mol. The lowest BCUT2D eigenvalue weighted by Gasteiger charge is -1.94. The summed E-state index contributed by atoms with van der Waals surface area (Å²) in [5, 5.41) is 0. The average molecular weight is 157 g/mol. The fraction of sp³-hybridized carbons (Fsp3) is 0.222. The van der Waals surface area contributed by atoms with Crippen molar-refractivity contribution in [2.45, 2.75) is 13.8 Å². The molecule has 2 heteroatoms. The zero-order valence-electron chi connectivity index (χ0n) is 6.70. The van der Waals surface area contributed by atoms with E-state index in [4.69, 9.17) is 0 Å². The van der Waals surface area contributed by atoms with Gasteiger partial charge in [-0.3, -0.25) is 0 Å². The summed E-state index contributed by atoms with van der Waals surface area (Å²) in [6, 6.07) is 0. The third-order valence-corrected chi connectivity index (χ3v) is 1.22. The summed E-state index contributed by atoms with van der Waals surface area (Å²) in [6.07, 6.45) is 2.74. The quantitative estimate of drug-likeness (QED) is 0.550. The molecule has 0 unspecified atom stereocenters. The zero-order chi connectivity index (χ0) is 8.85. The number of hydrogen-bond donors (Lipinski definition) is 0. The molecule has 0 fully saturated rings. The summed E-state index contributed by atoms with van der Waals surface area (Å²) in [5.74, 6) is -0.565. The molecule has 0 amide bonds. The molecule has 0 aromatic rings. The van der Waals surface area contributed by atoms with E-state index in [1.54, 1.807) is 6.92 Å². The van der Waals surface area contributed by atoms with Crippen LogP contribution in [0.25, 0.3) is 0 Å². The Bertz CT molecular complexity index is 200. The van der Waals surface area contributed by atoms with Crippen LogP contribution in [0.2, 0.25) is 0 Å². The molecule has 0 saturated carbocycles. The topological polar surface area (TPSA) is 0 Å². The van der Waals surface area contributed by atoms with Crippen LogP contribution < -0.4 is 0 Å². The van der Waals surface area contributed by atoms with E-state index in [9.17, 15) is 8.78 Å². The largest absolute Gasteiger partial charge is 0.239 e. The molecule has 11 heavy (non-hydrogen) atoms. The molecule has 0 aliphatic carbocycles. The Morgan fingerprint density at radius 1 is 1.36 bits per heavy atom. The maximum absolute atomic E-state index is 12.7. The molecule has 0 rings (SSSR count). The van der Waals surface area contributed by atoms with Gasteiger partial charge in [0.2, 0.25) is 0 Å². The van der Waals surface area contributed by atoms with Crippen LogP contribution in [0, 0.1) is 6.67 Å². The number of allylic oxidation sites excluding steroid dienone is 5. The van der Waals surface area contributed by atoms with Gasteiger partial charge in [0.15, 0.2) is 6.67 Å². The lowest BCUT2D eigenvalue weighted by Crippen LogP contribution is -1.78. The zero-order valence-corrected chi connectivity index (χ0v) is 6.70. The molecule has 1 radical (unpaired) electrons. The highest BCUT2D eigenvalue weighted by Crippen LogP contribution is 2.12. The molecule has 0 aromatic carbocycles. The van der Waals surface area contributed by atoms with Crippen molar-refractivity contribution in [3.8, 4) is 0 Å². The van der Waals surface area contributed by atoms with Crippen molar-refractivity contribution in [1.29, 1.82) is 0 Å². The van der Waals surface area contributed by atoms with Crippen LogP contribution in [-0.2, 0) is 0 Å². The standard InChI is InChI=1S/C9H11F2/c1-4-7(2)5-9(11)8(3)6-10/h4-6H,1H2,2-3H3/b7-5-,9-8+. The molecular formula is C9H11F2. The predicted molar refractivity (Wildman–Crippen MR) is 43.2 cm³/mol. The highest BCUT2D eigenvalue weighted by molar-refractivity contribution is 5.28. The van der Waals surface area contributed by atoms with Crippen LogP contribution in [0.5, 0.6) is 0 Å². The summed E-state index contributed by atoms with van der Waals surface area (Å²) in [6.45, 7) is 6.73. The van der Waals surface area contributed by atoms with Gasteiger partial charge in [-0.15, -0.1) is 0 Å². The van der Waals surface area contributed by atoms with Crippen LogP contribution in [0.15, 0.2) is 35.7 Å². The second-order valence-electron chi connectivity index (χ2n) is 2.23. The van der Waals surface area contributed by atoms with Gasteiger partial charge in [0.05, 0.1) is 0 Å². The van der Waals surface area contributed by atoms with Crippen molar-refractivity contribution in [3.05, 3.63) is 42.4 Å². The molecule has 61 valence electrons. The summed E-state index contributed by atoms with van der Waals surface area (Å²) in [4.78, 5) is 0. The first-order valence-electron chi connectivity index (χ1n) is 3.22. The lowest BCUT2D eigenvalue weighted by molar-refractivity contribution is 0.602. The van der Waals surface area contributed by atoms with E-state index < -0.39 is 5.83 Å². The fourth-order valence-corrected chi connectivity index (χ4v) is 0.425. The molecule has 0 bridgehead atoms. The molecule has 0 aliphatic heterocycles. The Morgan fingerprint density at radius 2 is 1.91 bits per heavy atom. The van der Waals surface area contributed by atoms with E-state index in [2.05, 4.69) is 6.58 Å². The van der Waals surface area contributed by atoms with Gasteiger partial charge in [0, 0.05) is 0 Å². The smallest absolute Gasteiger partial charge is 0.159 e. The van der Waals surface area contributed by atoms with E-state index in [0.717, 1.165) is 0 Å². The third-order valence-electron chi connectivity index (χ3n) is 1.22. The SMILES string of the molecule is C=C/C(C)=C\C(F)=C(\C)[CH]F. The normalized spacial score (nSPS) is 14.4. The van der Waals surface area contributed by atoms with Gasteiger partial charge in [0.1, 0.15) is 5.83 Å². The van der Waals surface area contributed by atoms with Crippen LogP contribution in [-0.4, -0.2) is 0 Å². The first kappa shape index (κ1) is 10.1. The van der Waals surface area contributed by atoms with Crippen LogP contribution in [0.3, 0.4) is 0 Å². The second-order valence-corrected chi connectivity index (χ2v) is 2.23. The Morgan fingerprint density at radius 3 is 2.27 bits per heavy atom. The number of halogens is 2. The maximum Gasteiger partial charge on any atom is 0.159 e. The Hall–Kier alpha value is -0.920. The predicted octanol–water partition coefficient (Wildman–Crippen LogP) is 3.49. The highest BCUT2D eigenvalue weighted by Gasteiger charge is 1.97. The average Bonchev–Trinajstić information content (AvgIpc) is 2.02. The van der Waals surface area contributed by atoms with E-state index in [-0.39, 0.29) is 12.2 Å². The van der Waals surface area contributed by atoms with Crippen molar-refractivity contribution < 1.29 is 8.78 Å². The van der Waals surface area contributed by atoms with Crippen molar-refractivity contribution in [2.24, 2.45) is 0 Å². The second kappa shape index (κ2) is 4.83. The highest BCUT2D eigenvalue weighted by atomic mass is 19.1. The first-order chi connectivity index (χ1) is 5.11. The van der Waals surface area contributed by atoms with Crippen molar-refractivity contribution in [3.63, 3.8) is 0 Å². The Labute approximate surface area is 65.9 Å². The van der Waals surface area contributed by atoms with Crippen LogP contribution in [0.4, 0.5) is 8.78 Å². The minimum atomic E-state index is -0.565. The lowest BCUT2D eigenvalue weighted by atomic mass is 10.2. The first-order valence-corrected chi connectivity index (χ1v) is 3.22. The van der Waals surface area contributed by atoms with Gasteiger partial charge in [-0.25, -0.2) is 8.78 Å². The summed E-state index contributed by atoms with van der Waals surface area (Å²) >= 11 is 0. The third kappa shape index (κ3) is 3.71. The minimum Gasteiger partial charge on any atom is -0.239 e. The van der Waals surface area contributed by atoms with Gasteiger partial charge in [-0.05, 0) is 31.1 Å². The molecule has 0 aliphatic rings.